The molecule has 1 rings (SSSR count). The van der Waals surface area contributed by atoms with Crippen LogP contribution < -0.4 is 4.72 Å². The predicted octanol–water partition coefficient (Wildman–Crippen LogP) is 2.36. The maximum absolute atomic E-state index is 11.5. The molecule has 0 bridgehead atoms. The molecule has 0 aliphatic rings. The minimum atomic E-state index is -1.10. The van der Waals surface area contributed by atoms with E-state index in [9.17, 15) is 4.21 Å². The van der Waals surface area contributed by atoms with Crippen LogP contribution in [0.3, 0.4) is 0 Å². The van der Waals surface area contributed by atoms with Gasteiger partial charge in [0.15, 0.2) is 0 Å². The first-order valence-corrected chi connectivity index (χ1v) is 5.67. The van der Waals surface area contributed by atoms with Crippen LogP contribution in [-0.2, 0) is 11.0 Å². The second-order valence-electron chi connectivity index (χ2n) is 2.62. The molecule has 72 valence electrons. The highest BCUT2D eigenvalue weighted by atomic mass is 35.5. The number of nitrogens with one attached hydrogen (secondary N) is 1. The van der Waals surface area contributed by atoms with Crippen LogP contribution in [0, 0.1) is 0 Å². The van der Waals surface area contributed by atoms with Crippen LogP contribution in [0.25, 0.3) is 0 Å². The Balaban J connectivity index is 2.61. The van der Waals surface area contributed by atoms with Crippen molar-refractivity contribution in [2.24, 2.45) is 0 Å². The van der Waals surface area contributed by atoms with Crippen molar-refractivity contribution in [1.82, 2.24) is 4.72 Å². The molecule has 0 saturated carbocycles. The third-order valence-corrected chi connectivity index (χ3v) is 2.93. The predicted molar refractivity (Wildman–Crippen MR) is 56.2 cm³/mol. The fourth-order valence-electron chi connectivity index (χ4n) is 0.836. The number of halogens is 1. The van der Waals surface area contributed by atoms with Crippen LogP contribution in [0.4, 0.5) is 0 Å². The lowest BCUT2D eigenvalue weighted by Gasteiger charge is -2.02. The summed E-state index contributed by atoms with van der Waals surface area (Å²) in [5.41, 5.74) is 0. The fourth-order valence-corrected chi connectivity index (χ4v) is 1.90. The Morgan fingerprint density at radius 2 is 2.00 bits per heavy atom. The fraction of sp³-hybridized carbons (Fsp3) is 0.333. The van der Waals surface area contributed by atoms with Gasteiger partial charge in [-0.05, 0) is 30.7 Å². The van der Waals surface area contributed by atoms with Crippen molar-refractivity contribution in [2.75, 3.05) is 6.54 Å². The average Bonchev–Trinajstić information content (AvgIpc) is 2.15. The van der Waals surface area contributed by atoms with Crippen molar-refractivity contribution < 1.29 is 4.21 Å². The Kier molecular flexibility index (Phi) is 4.42. The standard InChI is InChI=1S/C9H12ClNOS/c1-2-7-11-13(12)9-5-3-8(10)4-6-9/h3-6,11H,2,7H2,1H3. The lowest BCUT2D eigenvalue weighted by atomic mass is 10.4. The summed E-state index contributed by atoms with van der Waals surface area (Å²) >= 11 is 5.70. The first kappa shape index (κ1) is 10.7. The van der Waals surface area contributed by atoms with Gasteiger partial charge in [-0.1, -0.05) is 18.5 Å². The van der Waals surface area contributed by atoms with Crippen LogP contribution in [-0.4, -0.2) is 10.8 Å². The molecule has 0 heterocycles. The van der Waals surface area contributed by atoms with Crippen LogP contribution in [0.15, 0.2) is 29.2 Å². The molecule has 0 spiro atoms. The average molecular weight is 218 g/mol. The molecule has 13 heavy (non-hydrogen) atoms. The zero-order valence-corrected chi connectivity index (χ0v) is 8.99. The van der Waals surface area contributed by atoms with E-state index in [4.69, 9.17) is 11.6 Å². The van der Waals surface area contributed by atoms with Crippen molar-refractivity contribution in [3.63, 3.8) is 0 Å². The van der Waals surface area contributed by atoms with E-state index in [0.29, 0.717) is 5.02 Å². The third kappa shape index (κ3) is 3.46. The Labute approximate surface area is 85.9 Å². The molecule has 1 atom stereocenters. The molecule has 0 aromatic heterocycles. The summed E-state index contributed by atoms with van der Waals surface area (Å²) in [6.45, 7) is 2.79. The topological polar surface area (TPSA) is 29.1 Å². The van der Waals surface area contributed by atoms with E-state index in [2.05, 4.69) is 4.72 Å². The zero-order valence-electron chi connectivity index (χ0n) is 7.42. The Morgan fingerprint density at radius 1 is 1.38 bits per heavy atom. The van der Waals surface area contributed by atoms with Crippen LogP contribution >= 0.6 is 11.6 Å². The molecular weight excluding hydrogens is 206 g/mol. The van der Waals surface area contributed by atoms with E-state index in [1.807, 2.05) is 6.92 Å². The smallest absolute Gasteiger partial charge is 0.124 e. The lowest BCUT2D eigenvalue weighted by molar-refractivity contribution is 0.670. The van der Waals surface area contributed by atoms with Crippen molar-refractivity contribution in [1.29, 1.82) is 0 Å². The lowest BCUT2D eigenvalue weighted by Crippen LogP contribution is -2.17. The Hall–Kier alpha value is -0.380. The van der Waals surface area contributed by atoms with Gasteiger partial charge in [-0.2, -0.15) is 0 Å². The van der Waals surface area contributed by atoms with Gasteiger partial charge in [0.2, 0.25) is 0 Å². The summed E-state index contributed by atoms with van der Waals surface area (Å²) in [7, 11) is -1.10. The van der Waals surface area contributed by atoms with E-state index in [-0.39, 0.29) is 0 Å². The van der Waals surface area contributed by atoms with E-state index >= 15 is 0 Å². The molecule has 0 radical (unpaired) electrons. The van der Waals surface area contributed by atoms with E-state index in [1.165, 1.54) is 0 Å². The molecule has 0 aliphatic carbocycles. The van der Waals surface area contributed by atoms with Gasteiger partial charge >= 0.3 is 0 Å². The summed E-state index contributed by atoms with van der Waals surface area (Å²) < 4.78 is 14.4. The number of rotatable bonds is 4. The molecule has 1 unspecified atom stereocenters. The van der Waals surface area contributed by atoms with Crippen molar-refractivity contribution in [2.45, 2.75) is 18.2 Å². The number of hydrogen-bond donors (Lipinski definition) is 1. The Morgan fingerprint density at radius 3 is 2.54 bits per heavy atom. The zero-order chi connectivity index (χ0) is 9.68. The highest BCUT2D eigenvalue weighted by Gasteiger charge is 2.00. The van der Waals surface area contributed by atoms with Gasteiger partial charge in [0.1, 0.15) is 11.0 Å². The van der Waals surface area contributed by atoms with Gasteiger partial charge in [0.25, 0.3) is 0 Å². The molecule has 0 fully saturated rings. The van der Waals surface area contributed by atoms with Crippen LogP contribution in [0.2, 0.25) is 5.02 Å². The van der Waals surface area contributed by atoms with Crippen molar-refractivity contribution in [3.05, 3.63) is 29.3 Å². The van der Waals surface area contributed by atoms with Crippen molar-refractivity contribution >= 4 is 22.6 Å². The molecule has 0 saturated heterocycles. The number of benzene rings is 1. The van der Waals surface area contributed by atoms with Crippen LogP contribution in [0.5, 0.6) is 0 Å². The Bertz CT molecular complexity index is 286. The van der Waals surface area contributed by atoms with Gasteiger partial charge in [0, 0.05) is 11.6 Å². The second-order valence-corrected chi connectivity index (χ2v) is 4.35. The minimum absolute atomic E-state index is 0.663. The van der Waals surface area contributed by atoms with E-state index in [1.54, 1.807) is 24.3 Å². The molecule has 1 aromatic rings. The number of hydrogen-bond acceptors (Lipinski definition) is 1. The van der Waals surface area contributed by atoms with Crippen molar-refractivity contribution in [3.8, 4) is 0 Å². The van der Waals surface area contributed by atoms with Gasteiger partial charge in [-0.15, -0.1) is 0 Å². The first-order valence-electron chi connectivity index (χ1n) is 4.15. The summed E-state index contributed by atoms with van der Waals surface area (Å²) in [5.74, 6) is 0. The summed E-state index contributed by atoms with van der Waals surface area (Å²) in [5, 5.41) is 0.663. The molecular formula is C9H12ClNOS. The summed E-state index contributed by atoms with van der Waals surface area (Å²) in [6.07, 6.45) is 0.972. The van der Waals surface area contributed by atoms with Gasteiger partial charge in [0.05, 0.1) is 4.90 Å². The monoisotopic (exact) mass is 217 g/mol. The van der Waals surface area contributed by atoms with Gasteiger partial charge in [-0.3, -0.25) is 0 Å². The maximum Gasteiger partial charge on any atom is 0.124 e. The SMILES string of the molecule is CCCNS(=O)c1ccc(Cl)cc1. The highest BCUT2D eigenvalue weighted by molar-refractivity contribution is 7.83. The maximum atomic E-state index is 11.5. The van der Waals surface area contributed by atoms with Crippen LogP contribution in [0.1, 0.15) is 13.3 Å². The molecule has 0 aliphatic heterocycles. The first-order chi connectivity index (χ1) is 6.24. The molecule has 2 nitrogen and oxygen atoms in total. The van der Waals surface area contributed by atoms with E-state index < -0.39 is 11.0 Å². The van der Waals surface area contributed by atoms with E-state index in [0.717, 1.165) is 17.9 Å². The normalized spacial score (nSPS) is 12.8. The van der Waals surface area contributed by atoms with Gasteiger partial charge in [-0.25, -0.2) is 8.93 Å². The molecule has 4 heteroatoms. The van der Waals surface area contributed by atoms with Gasteiger partial charge < -0.3 is 0 Å². The molecule has 0 amide bonds. The quantitative estimate of drug-likeness (QED) is 0.825. The largest absolute Gasteiger partial charge is 0.238 e. The third-order valence-electron chi connectivity index (χ3n) is 1.51. The summed E-state index contributed by atoms with van der Waals surface area (Å²) in [4.78, 5) is 0.762. The molecule has 1 aromatic carbocycles. The summed E-state index contributed by atoms with van der Waals surface area (Å²) in [6, 6.07) is 7.01. The molecule has 1 N–H and O–H groups in total. The minimum Gasteiger partial charge on any atom is -0.238 e. The second kappa shape index (κ2) is 5.37. The highest BCUT2D eigenvalue weighted by Crippen LogP contribution is 2.11.